The number of benzene rings is 2. The van der Waals surface area contributed by atoms with Crippen LogP contribution in [0.15, 0.2) is 60.9 Å². The van der Waals surface area contributed by atoms with E-state index in [0.717, 1.165) is 12.3 Å². The number of carbonyl (C=O) groups is 2. The van der Waals surface area contributed by atoms with Crippen molar-refractivity contribution in [2.45, 2.75) is 51.0 Å². The molecule has 0 spiro atoms. The van der Waals surface area contributed by atoms with Crippen LogP contribution in [0.25, 0.3) is 11.1 Å². The molecule has 6 nitrogen and oxygen atoms in total. The highest BCUT2D eigenvalue weighted by Gasteiger charge is 2.32. The van der Waals surface area contributed by atoms with Crippen LogP contribution >= 0.6 is 0 Å². The molecule has 12 heteroatoms. The van der Waals surface area contributed by atoms with Crippen LogP contribution in [0.1, 0.15) is 58.8 Å². The van der Waals surface area contributed by atoms with Gasteiger partial charge in [0.1, 0.15) is 0 Å². The van der Waals surface area contributed by atoms with Gasteiger partial charge >= 0.3 is 18.3 Å². The van der Waals surface area contributed by atoms with Gasteiger partial charge in [0.05, 0.1) is 17.5 Å². The maximum Gasteiger partial charge on any atom is 0.417 e. The summed E-state index contributed by atoms with van der Waals surface area (Å²) in [5.41, 5.74) is 1.67. The van der Waals surface area contributed by atoms with Gasteiger partial charge in [-0.15, -0.1) is 0 Å². The van der Waals surface area contributed by atoms with E-state index in [1.807, 2.05) is 0 Å². The number of carbonyl (C=O) groups excluding carboxylic acids is 1. The number of pyridine rings is 1. The van der Waals surface area contributed by atoms with Crippen LogP contribution in [0.2, 0.25) is 0 Å². The number of alkyl halides is 6. The molecule has 1 unspecified atom stereocenters. The van der Waals surface area contributed by atoms with Crippen LogP contribution in [0.5, 0.6) is 0 Å². The minimum Gasteiger partial charge on any atom is -0.481 e. The van der Waals surface area contributed by atoms with Crippen molar-refractivity contribution in [3.63, 3.8) is 0 Å². The van der Waals surface area contributed by atoms with E-state index in [1.165, 1.54) is 23.2 Å². The minimum atomic E-state index is -4.57. The quantitative estimate of drug-likeness (QED) is 0.264. The summed E-state index contributed by atoms with van der Waals surface area (Å²) in [6.45, 7) is 2.22. The molecule has 0 saturated carbocycles. The maximum atomic E-state index is 13.2. The molecule has 1 aliphatic heterocycles. The molecule has 1 aromatic heterocycles. The minimum absolute atomic E-state index is 0.111. The van der Waals surface area contributed by atoms with E-state index in [-0.39, 0.29) is 24.4 Å². The molecule has 2 atom stereocenters. The van der Waals surface area contributed by atoms with Gasteiger partial charge in [-0.2, -0.15) is 26.3 Å². The Hall–Kier alpha value is -4.09. The molecule has 3 aromatic rings. The van der Waals surface area contributed by atoms with E-state index >= 15 is 0 Å². The van der Waals surface area contributed by atoms with Crippen molar-refractivity contribution < 1.29 is 41.0 Å². The van der Waals surface area contributed by atoms with Crippen LogP contribution in [-0.4, -0.2) is 46.1 Å². The van der Waals surface area contributed by atoms with Gasteiger partial charge in [-0.3, -0.25) is 14.6 Å². The number of halogens is 6. The zero-order chi connectivity index (χ0) is 30.7. The number of rotatable bonds is 8. The predicted molar refractivity (Wildman–Crippen MR) is 144 cm³/mol. The average molecular weight is 594 g/mol. The second-order valence-corrected chi connectivity index (χ2v) is 10.4. The zero-order valence-corrected chi connectivity index (χ0v) is 22.6. The normalized spacial score (nSPS) is 16.6. The van der Waals surface area contributed by atoms with Crippen LogP contribution in [-0.2, 0) is 11.0 Å². The topological polar surface area (TPSA) is 82.5 Å². The highest BCUT2D eigenvalue weighted by molar-refractivity contribution is 5.95. The van der Waals surface area contributed by atoms with Crippen LogP contribution in [0, 0.1) is 12.8 Å². The van der Waals surface area contributed by atoms with Gasteiger partial charge < -0.3 is 15.3 Å². The van der Waals surface area contributed by atoms with E-state index in [0.29, 0.717) is 47.3 Å². The number of carboxylic acids is 1. The van der Waals surface area contributed by atoms with Crippen molar-refractivity contribution in [1.29, 1.82) is 0 Å². The largest absolute Gasteiger partial charge is 0.481 e. The van der Waals surface area contributed by atoms with Gasteiger partial charge in [-0.25, -0.2) is 0 Å². The number of aryl methyl sites for hydroxylation is 1. The molecule has 0 aliphatic carbocycles. The molecule has 4 rings (SSSR count). The van der Waals surface area contributed by atoms with Gasteiger partial charge in [-0.1, -0.05) is 18.2 Å². The molecule has 0 bridgehead atoms. The molecule has 1 saturated heterocycles. The van der Waals surface area contributed by atoms with E-state index in [1.54, 1.807) is 37.3 Å². The van der Waals surface area contributed by atoms with E-state index < -0.39 is 42.3 Å². The lowest BCUT2D eigenvalue weighted by molar-refractivity contribution is -0.143. The smallest absolute Gasteiger partial charge is 0.417 e. The third kappa shape index (κ3) is 7.80. The highest BCUT2D eigenvalue weighted by atomic mass is 19.4. The molecule has 2 aromatic carbocycles. The number of hydrogen-bond acceptors (Lipinski definition) is 4. The number of amides is 1. The fourth-order valence-corrected chi connectivity index (χ4v) is 5.07. The van der Waals surface area contributed by atoms with Crippen molar-refractivity contribution in [1.82, 2.24) is 9.88 Å². The number of piperidine rings is 1. The third-order valence-corrected chi connectivity index (χ3v) is 7.29. The number of aromatic nitrogens is 1. The van der Waals surface area contributed by atoms with Crippen molar-refractivity contribution in [2.75, 3.05) is 18.4 Å². The Bertz CT molecular complexity index is 1420. The lowest BCUT2D eigenvalue weighted by Gasteiger charge is -2.30. The first-order chi connectivity index (χ1) is 19.7. The summed E-state index contributed by atoms with van der Waals surface area (Å²) in [7, 11) is 0. The van der Waals surface area contributed by atoms with Crippen LogP contribution in [0.3, 0.4) is 0 Å². The summed E-state index contributed by atoms with van der Waals surface area (Å²) >= 11 is 0. The summed E-state index contributed by atoms with van der Waals surface area (Å²) in [5, 5.41) is 12.4. The number of likely N-dealkylation sites (tertiary alicyclic amines) is 1. The third-order valence-electron chi connectivity index (χ3n) is 7.29. The number of nitrogens with zero attached hydrogens (tertiary/aromatic N) is 2. The Kier molecular flexibility index (Phi) is 9.12. The molecular formula is C30H29F6N3O3. The monoisotopic (exact) mass is 593 g/mol. The average Bonchev–Trinajstić information content (AvgIpc) is 2.94. The van der Waals surface area contributed by atoms with Crippen LogP contribution < -0.4 is 5.32 Å². The molecule has 1 amide bonds. The molecule has 42 heavy (non-hydrogen) atoms. The van der Waals surface area contributed by atoms with Gasteiger partial charge in [-0.05, 0) is 73.2 Å². The standard InChI is InChI=1S/C30H29F6N3O3/c1-18-13-20(22-14-23(16-37-15-22)30(34,35)36)6-9-25(18)26(10-11-29(31,32)33)38-24-7-4-19(5-8-24)27(40)39-12-2-3-21(17-39)28(41)42/h4-9,13-16,21,26,38H,2-3,10-12,17H2,1H3,(H,41,42)/t21-,26?/m1/s1. The van der Waals surface area contributed by atoms with Crippen molar-refractivity contribution in [3.05, 3.63) is 83.2 Å². The number of anilines is 1. The number of carboxylic acid groups (broad SMARTS) is 1. The molecular weight excluding hydrogens is 564 g/mol. The Morgan fingerprint density at radius 2 is 1.74 bits per heavy atom. The van der Waals surface area contributed by atoms with E-state index in [2.05, 4.69) is 10.3 Å². The summed E-state index contributed by atoms with van der Waals surface area (Å²) in [4.78, 5) is 29.4. The van der Waals surface area contributed by atoms with Gasteiger partial charge in [0.2, 0.25) is 0 Å². The molecule has 0 radical (unpaired) electrons. The highest BCUT2D eigenvalue weighted by Crippen LogP contribution is 2.35. The van der Waals surface area contributed by atoms with Crippen molar-refractivity contribution in [3.8, 4) is 11.1 Å². The molecule has 224 valence electrons. The first kappa shape index (κ1) is 30.9. The predicted octanol–water partition coefficient (Wildman–Crippen LogP) is 7.51. The summed E-state index contributed by atoms with van der Waals surface area (Å²) in [6, 6.07) is 11.1. The van der Waals surface area contributed by atoms with Crippen LogP contribution in [0.4, 0.5) is 32.0 Å². The number of aliphatic carboxylic acids is 1. The van der Waals surface area contributed by atoms with Gasteiger partial charge in [0, 0.05) is 48.7 Å². The fourth-order valence-electron chi connectivity index (χ4n) is 5.07. The first-order valence-corrected chi connectivity index (χ1v) is 13.3. The zero-order valence-electron chi connectivity index (χ0n) is 22.6. The second-order valence-electron chi connectivity index (χ2n) is 10.4. The Morgan fingerprint density at radius 3 is 2.36 bits per heavy atom. The first-order valence-electron chi connectivity index (χ1n) is 13.3. The summed E-state index contributed by atoms with van der Waals surface area (Å²) in [6.07, 6.45) is -7.27. The Labute approximate surface area is 238 Å². The fraction of sp³-hybridized carbons (Fsp3) is 0.367. The number of nitrogens with one attached hydrogen (secondary N) is 1. The van der Waals surface area contributed by atoms with Gasteiger partial charge in [0.25, 0.3) is 5.91 Å². The second kappa shape index (κ2) is 12.4. The Morgan fingerprint density at radius 1 is 1.02 bits per heavy atom. The molecule has 2 heterocycles. The summed E-state index contributed by atoms with van der Waals surface area (Å²) in [5.74, 6) is -1.90. The Balaban J connectivity index is 1.54. The number of hydrogen-bond donors (Lipinski definition) is 2. The summed E-state index contributed by atoms with van der Waals surface area (Å²) < 4.78 is 79.0. The van der Waals surface area contributed by atoms with E-state index in [4.69, 9.17) is 0 Å². The lowest BCUT2D eigenvalue weighted by Crippen LogP contribution is -2.42. The lowest BCUT2D eigenvalue weighted by atomic mass is 9.93. The maximum absolute atomic E-state index is 13.2. The van der Waals surface area contributed by atoms with Crippen molar-refractivity contribution in [2.24, 2.45) is 5.92 Å². The SMILES string of the molecule is Cc1cc(-c2cncc(C(F)(F)F)c2)ccc1C(CCC(F)(F)F)Nc1ccc(C(=O)N2CCC[C@@H](C(=O)O)C2)cc1. The molecule has 1 aliphatic rings. The molecule has 2 N–H and O–H groups in total. The van der Waals surface area contributed by atoms with Gasteiger partial charge in [0.15, 0.2) is 0 Å². The molecule has 1 fully saturated rings. The van der Waals surface area contributed by atoms with Crippen molar-refractivity contribution >= 4 is 17.6 Å². The van der Waals surface area contributed by atoms with E-state index in [9.17, 15) is 41.0 Å².